The number of aromatic amines is 1. The Balaban J connectivity index is 2.24. The van der Waals surface area contributed by atoms with Gasteiger partial charge in [-0.3, -0.25) is 24.2 Å². The van der Waals surface area contributed by atoms with Gasteiger partial charge in [0.25, 0.3) is 0 Å². The molecule has 1 aromatic carbocycles. The van der Waals surface area contributed by atoms with Crippen LogP contribution in [0.5, 0.6) is 0 Å². The number of carbonyl (C=O) groups is 4. The first-order valence-electron chi connectivity index (χ1n) is 12.4. The Hall–Kier alpha value is -4.13. The van der Waals surface area contributed by atoms with Crippen LogP contribution in [0.25, 0.3) is 10.9 Å². The van der Waals surface area contributed by atoms with Crippen molar-refractivity contribution >= 4 is 40.6 Å². The second kappa shape index (κ2) is 14.6. The fraction of sp³-hybridized carbons (Fsp3) is 0.480. The second-order valence-electron chi connectivity index (χ2n) is 9.48. The molecule has 0 aliphatic carbocycles. The number of carboxylic acids is 1. The van der Waals surface area contributed by atoms with Crippen LogP contribution in [0.2, 0.25) is 0 Å². The van der Waals surface area contributed by atoms with Crippen molar-refractivity contribution < 1.29 is 24.3 Å². The van der Waals surface area contributed by atoms with Crippen molar-refractivity contribution in [1.82, 2.24) is 20.9 Å². The average Bonchev–Trinajstić information content (AvgIpc) is 3.25. The van der Waals surface area contributed by atoms with Gasteiger partial charge in [0.15, 0.2) is 5.96 Å². The van der Waals surface area contributed by atoms with Crippen LogP contribution in [-0.4, -0.2) is 71.0 Å². The minimum absolute atomic E-state index is 0.0860. The van der Waals surface area contributed by atoms with E-state index in [1.54, 1.807) is 6.20 Å². The van der Waals surface area contributed by atoms with Crippen molar-refractivity contribution in [1.29, 1.82) is 0 Å². The Morgan fingerprint density at radius 2 is 1.71 bits per heavy atom. The highest BCUT2D eigenvalue weighted by molar-refractivity contribution is 5.94. The molecule has 11 N–H and O–H groups in total. The van der Waals surface area contributed by atoms with Gasteiger partial charge >= 0.3 is 5.97 Å². The summed E-state index contributed by atoms with van der Waals surface area (Å²) in [6, 6.07) is 4.51. The predicted molar refractivity (Wildman–Crippen MR) is 144 cm³/mol. The zero-order valence-electron chi connectivity index (χ0n) is 21.7. The lowest BCUT2D eigenvalue weighted by Gasteiger charge is -2.24. The summed E-state index contributed by atoms with van der Waals surface area (Å²) in [5, 5.41) is 17.5. The van der Waals surface area contributed by atoms with Crippen LogP contribution in [0.3, 0.4) is 0 Å². The van der Waals surface area contributed by atoms with E-state index in [0.717, 1.165) is 16.5 Å². The van der Waals surface area contributed by atoms with Gasteiger partial charge in [-0.05, 0) is 36.8 Å². The number of carboxylic acid groups (broad SMARTS) is 1. The number of aliphatic imine (C=N–C) groups is 1. The summed E-state index contributed by atoms with van der Waals surface area (Å²) in [5.41, 5.74) is 18.3. The van der Waals surface area contributed by atoms with E-state index in [9.17, 15) is 19.2 Å². The number of rotatable bonds is 15. The lowest BCUT2D eigenvalue weighted by atomic mass is 10.0. The molecule has 3 amide bonds. The van der Waals surface area contributed by atoms with Crippen LogP contribution in [0.15, 0.2) is 35.5 Å². The van der Waals surface area contributed by atoms with Crippen molar-refractivity contribution in [2.24, 2.45) is 28.1 Å². The second-order valence-corrected chi connectivity index (χ2v) is 9.48. The highest BCUT2D eigenvalue weighted by Crippen LogP contribution is 2.19. The average molecular weight is 531 g/mol. The van der Waals surface area contributed by atoms with Crippen LogP contribution in [0.1, 0.15) is 38.7 Å². The van der Waals surface area contributed by atoms with E-state index >= 15 is 0 Å². The third kappa shape index (κ3) is 9.73. The number of benzene rings is 1. The molecular formula is C25H38N8O5. The standard InChI is InChI=1S/C25H38N8O5/c1-14(2)10-17(26)22(36)32-19(8-5-9-29-25(27)28)24(38)33-20(23(37)31-13-21(34)35)11-15-12-30-18-7-4-3-6-16(15)18/h3-4,6-7,12,14,17,19-20,30H,5,8-11,13,26H2,1-2H3,(H,31,37)(H,32,36)(H,33,38)(H,34,35)(H4,27,28,29). The SMILES string of the molecule is CC(C)CC(N)C(=O)NC(CCCN=C(N)N)C(=O)NC(Cc1c[nH]c2ccccc12)C(=O)NCC(=O)O. The molecule has 2 rings (SSSR count). The molecule has 1 heterocycles. The number of aliphatic carboxylic acids is 1. The van der Waals surface area contributed by atoms with Gasteiger partial charge in [-0.2, -0.15) is 0 Å². The number of carbonyl (C=O) groups excluding carboxylic acids is 3. The topological polar surface area (TPSA) is 231 Å². The van der Waals surface area contributed by atoms with Gasteiger partial charge in [-0.25, -0.2) is 0 Å². The number of aromatic nitrogens is 1. The molecule has 0 aliphatic rings. The molecule has 0 radical (unpaired) electrons. The molecule has 0 saturated carbocycles. The Morgan fingerprint density at radius 1 is 1.03 bits per heavy atom. The fourth-order valence-electron chi connectivity index (χ4n) is 3.95. The summed E-state index contributed by atoms with van der Waals surface area (Å²) in [6.45, 7) is 3.48. The minimum Gasteiger partial charge on any atom is -0.480 e. The molecule has 2 aromatic rings. The maximum Gasteiger partial charge on any atom is 0.322 e. The highest BCUT2D eigenvalue weighted by atomic mass is 16.4. The van der Waals surface area contributed by atoms with Crippen LogP contribution in [0, 0.1) is 5.92 Å². The smallest absolute Gasteiger partial charge is 0.322 e. The number of hydrogen-bond acceptors (Lipinski definition) is 6. The summed E-state index contributed by atoms with van der Waals surface area (Å²) >= 11 is 0. The van der Waals surface area contributed by atoms with E-state index < -0.39 is 48.4 Å². The zero-order chi connectivity index (χ0) is 28.2. The number of fused-ring (bicyclic) bond motifs is 1. The molecule has 3 unspecified atom stereocenters. The molecule has 0 aliphatic heterocycles. The number of nitrogens with zero attached hydrogens (tertiary/aromatic N) is 1. The molecule has 1 aromatic heterocycles. The molecule has 0 fully saturated rings. The van der Waals surface area contributed by atoms with E-state index in [4.69, 9.17) is 22.3 Å². The number of H-pyrrole nitrogens is 1. The van der Waals surface area contributed by atoms with E-state index in [2.05, 4.69) is 25.9 Å². The van der Waals surface area contributed by atoms with Crippen molar-refractivity contribution in [3.05, 3.63) is 36.0 Å². The van der Waals surface area contributed by atoms with Gasteiger partial charge in [-0.1, -0.05) is 32.0 Å². The monoisotopic (exact) mass is 530 g/mol. The maximum atomic E-state index is 13.3. The third-order valence-electron chi connectivity index (χ3n) is 5.79. The number of amides is 3. The molecule has 38 heavy (non-hydrogen) atoms. The van der Waals surface area contributed by atoms with Crippen molar-refractivity contribution in [2.45, 2.75) is 57.7 Å². The lowest BCUT2D eigenvalue weighted by molar-refractivity contribution is -0.138. The van der Waals surface area contributed by atoms with E-state index in [-0.39, 0.29) is 31.3 Å². The Bertz CT molecular complexity index is 1140. The van der Waals surface area contributed by atoms with Gasteiger partial charge in [0.05, 0.1) is 6.04 Å². The van der Waals surface area contributed by atoms with Gasteiger partial charge < -0.3 is 43.2 Å². The van der Waals surface area contributed by atoms with Crippen molar-refractivity contribution in [3.8, 4) is 0 Å². The number of para-hydroxylation sites is 1. The zero-order valence-corrected chi connectivity index (χ0v) is 21.7. The van der Waals surface area contributed by atoms with Gasteiger partial charge in [0, 0.05) is 30.1 Å². The van der Waals surface area contributed by atoms with Crippen LogP contribution >= 0.6 is 0 Å². The van der Waals surface area contributed by atoms with Crippen LogP contribution in [-0.2, 0) is 25.6 Å². The summed E-state index contributed by atoms with van der Waals surface area (Å²) in [5.74, 6) is -2.93. The highest BCUT2D eigenvalue weighted by Gasteiger charge is 2.29. The molecule has 208 valence electrons. The normalized spacial score (nSPS) is 13.4. The number of guanidine groups is 1. The minimum atomic E-state index is -1.22. The van der Waals surface area contributed by atoms with Crippen LogP contribution < -0.4 is 33.2 Å². The summed E-state index contributed by atoms with van der Waals surface area (Å²) in [6.07, 6.45) is 2.79. The summed E-state index contributed by atoms with van der Waals surface area (Å²) < 4.78 is 0. The molecule has 0 bridgehead atoms. The molecule has 13 nitrogen and oxygen atoms in total. The Labute approximate surface area is 221 Å². The van der Waals surface area contributed by atoms with Crippen molar-refractivity contribution in [3.63, 3.8) is 0 Å². The quantitative estimate of drug-likeness (QED) is 0.0832. The van der Waals surface area contributed by atoms with E-state index in [0.29, 0.717) is 12.8 Å². The molecule has 3 atom stereocenters. The first kappa shape index (κ1) is 30.1. The first-order valence-corrected chi connectivity index (χ1v) is 12.4. The Morgan fingerprint density at radius 3 is 2.37 bits per heavy atom. The van der Waals surface area contributed by atoms with Gasteiger partial charge in [0.1, 0.15) is 18.6 Å². The first-order chi connectivity index (χ1) is 18.0. The van der Waals surface area contributed by atoms with Crippen molar-refractivity contribution in [2.75, 3.05) is 13.1 Å². The molecule has 0 saturated heterocycles. The maximum absolute atomic E-state index is 13.3. The lowest BCUT2D eigenvalue weighted by Crippen LogP contribution is -2.56. The third-order valence-corrected chi connectivity index (χ3v) is 5.79. The molecule has 0 spiro atoms. The Kier molecular flexibility index (Phi) is 11.5. The number of nitrogens with one attached hydrogen (secondary N) is 4. The number of nitrogens with two attached hydrogens (primary N) is 3. The van der Waals surface area contributed by atoms with E-state index in [1.807, 2.05) is 38.1 Å². The largest absolute Gasteiger partial charge is 0.480 e. The van der Waals surface area contributed by atoms with Gasteiger partial charge in [-0.15, -0.1) is 0 Å². The van der Waals surface area contributed by atoms with E-state index in [1.165, 1.54) is 0 Å². The molecule has 13 heteroatoms. The van der Waals surface area contributed by atoms with Gasteiger partial charge in [0.2, 0.25) is 17.7 Å². The summed E-state index contributed by atoms with van der Waals surface area (Å²) in [7, 11) is 0. The molecular weight excluding hydrogens is 492 g/mol. The predicted octanol–water partition coefficient (Wildman–Crippen LogP) is -0.692. The summed E-state index contributed by atoms with van der Waals surface area (Å²) in [4.78, 5) is 57.0. The fourth-order valence-corrected chi connectivity index (χ4v) is 3.95. The number of hydrogen-bond donors (Lipinski definition) is 8. The van der Waals surface area contributed by atoms with Crippen LogP contribution in [0.4, 0.5) is 0 Å².